The molecular weight excluding hydrogens is 324 g/mol. The predicted octanol–water partition coefficient (Wildman–Crippen LogP) is 3.29. The normalized spacial score (nSPS) is 13.2. The number of benzene rings is 2. The Kier molecular flexibility index (Phi) is 5.54. The van der Waals surface area contributed by atoms with Crippen molar-refractivity contribution in [2.75, 3.05) is 12.4 Å². The van der Waals surface area contributed by atoms with Crippen LogP contribution in [0.3, 0.4) is 0 Å². The predicted molar refractivity (Wildman–Crippen MR) is 103 cm³/mol. The minimum atomic E-state index is -0.331. The van der Waals surface area contributed by atoms with Gasteiger partial charge in [-0.25, -0.2) is 0 Å². The van der Waals surface area contributed by atoms with Crippen molar-refractivity contribution in [1.29, 1.82) is 0 Å². The monoisotopic (exact) mass is 349 g/mol. The zero-order chi connectivity index (χ0) is 18.5. The highest BCUT2D eigenvalue weighted by atomic mass is 16.3. The first-order chi connectivity index (χ1) is 12.5. The van der Waals surface area contributed by atoms with Gasteiger partial charge in [0.1, 0.15) is 12.3 Å². The van der Waals surface area contributed by atoms with Gasteiger partial charge in [-0.3, -0.25) is 4.79 Å². The van der Waals surface area contributed by atoms with E-state index in [2.05, 4.69) is 5.32 Å². The fourth-order valence-corrected chi connectivity index (χ4v) is 3.11. The lowest BCUT2D eigenvalue weighted by molar-refractivity contribution is -0.916. The van der Waals surface area contributed by atoms with E-state index in [4.69, 9.17) is 4.42 Å². The average Bonchev–Trinajstić information content (AvgIpc) is 3.03. The Morgan fingerprint density at radius 3 is 2.31 bits per heavy atom. The molecule has 1 heterocycles. The van der Waals surface area contributed by atoms with Gasteiger partial charge in [0.05, 0.1) is 7.05 Å². The summed E-state index contributed by atoms with van der Waals surface area (Å²) < 4.78 is 5.70. The molecule has 134 valence electrons. The maximum absolute atomic E-state index is 13.1. The van der Waals surface area contributed by atoms with Crippen molar-refractivity contribution in [2.45, 2.75) is 26.4 Å². The van der Waals surface area contributed by atoms with E-state index in [0.29, 0.717) is 6.54 Å². The van der Waals surface area contributed by atoms with Crippen molar-refractivity contribution < 1.29 is 14.1 Å². The van der Waals surface area contributed by atoms with Crippen molar-refractivity contribution in [2.24, 2.45) is 0 Å². The molecule has 0 aliphatic heterocycles. The number of carbonyl (C=O) groups is 1. The number of likely N-dealkylation sites (N-methyl/N-ethyl adjacent to an activating group) is 1. The second-order valence-corrected chi connectivity index (χ2v) is 6.73. The summed E-state index contributed by atoms with van der Waals surface area (Å²) in [6.45, 7) is 4.59. The standard InChI is InChI=1S/C22H24N2O2/c1-16-9-12-19(13-10-16)23-22(25)21(18-7-5-4-6-8-18)24(3)15-20-14-11-17(2)26-20/h4-14,21H,15H2,1-3H3,(H,23,25)/p+1/t21-/m1/s1. The minimum absolute atomic E-state index is 0.0270. The van der Waals surface area contributed by atoms with Gasteiger partial charge in [-0.2, -0.15) is 0 Å². The van der Waals surface area contributed by atoms with Crippen LogP contribution >= 0.6 is 0 Å². The van der Waals surface area contributed by atoms with Gasteiger partial charge in [0.15, 0.2) is 11.8 Å². The van der Waals surface area contributed by atoms with E-state index in [-0.39, 0.29) is 11.9 Å². The summed E-state index contributed by atoms with van der Waals surface area (Å²) >= 11 is 0. The van der Waals surface area contributed by atoms with E-state index >= 15 is 0 Å². The molecule has 3 aromatic rings. The van der Waals surface area contributed by atoms with Crippen molar-refractivity contribution in [1.82, 2.24) is 0 Å². The van der Waals surface area contributed by atoms with Gasteiger partial charge in [-0.05, 0) is 38.1 Å². The number of nitrogens with one attached hydrogen (secondary N) is 2. The topological polar surface area (TPSA) is 46.7 Å². The van der Waals surface area contributed by atoms with E-state index in [1.165, 1.54) is 5.56 Å². The molecule has 1 unspecified atom stereocenters. The summed E-state index contributed by atoms with van der Waals surface area (Å²) in [6.07, 6.45) is 0. The van der Waals surface area contributed by atoms with Gasteiger partial charge < -0.3 is 14.6 Å². The molecule has 0 saturated carbocycles. The van der Waals surface area contributed by atoms with Gasteiger partial charge in [0.25, 0.3) is 5.91 Å². The molecule has 0 saturated heterocycles. The van der Waals surface area contributed by atoms with Crippen LogP contribution < -0.4 is 10.2 Å². The lowest BCUT2D eigenvalue weighted by atomic mass is 10.0. The summed E-state index contributed by atoms with van der Waals surface area (Å²) in [5.74, 6) is 1.73. The van der Waals surface area contributed by atoms with Gasteiger partial charge >= 0.3 is 0 Å². The van der Waals surface area contributed by atoms with Crippen LogP contribution in [0.5, 0.6) is 0 Å². The molecule has 0 radical (unpaired) electrons. The molecule has 4 heteroatoms. The first kappa shape index (κ1) is 18.0. The molecule has 26 heavy (non-hydrogen) atoms. The highest BCUT2D eigenvalue weighted by Gasteiger charge is 2.29. The fourth-order valence-electron chi connectivity index (χ4n) is 3.11. The van der Waals surface area contributed by atoms with Crippen molar-refractivity contribution in [3.05, 3.63) is 89.4 Å². The van der Waals surface area contributed by atoms with Gasteiger partial charge in [0.2, 0.25) is 0 Å². The molecule has 3 rings (SSSR count). The highest BCUT2D eigenvalue weighted by molar-refractivity contribution is 5.94. The van der Waals surface area contributed by atoms with Crippen LogP contribution in [0.1, 0.15) is 28.7 Å². The Balaban J connectivity index is 1.82. The van der Waals surface area contributed by atoms with Crippen LogP contribution in [0.25, 0.3) is 0 Å². The third-order valence-electron chi connectivity index (χ3n) is 4.46. The number of amides is 1. The number of anilines is 1. The van der Waals surface area contributed by atoms with Crippen LogP contribution in [0.15, 0.2) is 71.1 Å². The quantitative estimate of drug-likeness (QED) is 0.717. The molecule has 0 aliphatic rings. The van der Waals surface area contributed by atoms with Crippen LogP contribution in [-0.2, 0) is 11.3 Å². The fraction of sp³-hybridized carbons (Fsp3) is 0.227. The Morgan fingerprint density at radius 2 is 1.69 bits per heavy atom. The molecule has 0 aliphatic carbocycles. The smallest absolute Gasteiger partial charge is 0.287 e. The lowest BCUT2D eigenvalue weighted by Gasteiger charge is -2.24. The molecule has 0 fully saturated rings. The maximum Gasteiger partial charge on any atom is 0.287 e. The molecule has 1 aromatic heterocycles. The zero-order valence-corrected chi connectivity index (χ0v) is 15.5. The zero-order valence-electron chi connectivity index (χ0n) is 15.5. The summed E-state index contributed by atoms with van der Waals surface area (Å²) in [5.41, 5.74) is 2.96. The number of aryl methyl sites for hydroxylation is 2. The number of quaternary nitrogens is 1. The van der Waals surface area contributed by atoms with Crippen LogP contribution in [0, 0.1) is 13.8 Å². The molecule has 0 bridgehead atoms. The summed E-state index contributed by atoms with van der Waals surface area (Å²) in [4.78, 5) is 14.1. The Morgan fingerprint density at radius 1 is 1.00 bits per heavy atom. The average molecular weight is 349 g/mol. The molecule has 0 spiro atoms. The largest absolute Gasteiger partial charge is 0.460 e. The molecule has 4 nitrogen and oxygen atoms in total. The van der Waals surface area contributed by atoms with Crippen molar-refractivity contribution in [3.8, 4) is 0 Å². The molecule has 2 atom stereocenters. The summed E-state index contributed by atoms with van der Waals surface area (Å²) in [7, 11) is 2.02. The van der Waals surface area contributed by atoms with Crippen molar-refractivity contribution >= 4 is 11.6 Å². The van der Waals surface area contributed by atoms with E-state index in [1.807, 2.05) is 87.6 Å². The van der Waals surface area contributed by atoms with E-state index in [9.17, 15) is 4.79 Å². The summed E-state index contributed by atoms with van der Waals surface area (Å²) in [6, 6.07) is 21.3. The second-order valence-electron chi connectivity index (χ2n) is 6.73. The first-order valence-corrected chi connectivity index (χ1v) is 8.83. The first-order valence-electron chi connectivity index (χ1n) is 8.83. The summed E-state index contributed by atoms with van der Waals surface area (Å²) in [5, 5.41) is 3.05. The third kappa shape index (κ3) is 4.41. The van der Waals surface area contributed by atoms with Crippen LogP contribution in [0.2, 0.25) is 0 Å². The Labute approximate surface area is 154 Å². The van der Waals surface area contributed by atoms with Crippen LogP contribution in [-0.4, -0.2) is 13.0 Å². The number of furan rings is 1. The van der Waals surface area contributed by atoms with Gasteiger partial charge in [0, 0.05) is 11.3 Å². The maximum atomic E-state index is 13.1. The number of hydrogen-bond acceptors (Lipinski definition) is 2. The van der Waals surface area contributed by atoms with E-state index in [0.717, 1.165) is 27.7 Å². The van der Waals surface area contributed by atoms with Crippen LogP contribution in [0.4, 0.5) is 5.69 Å². The SMILES string of the molecule is Cc1ccc(NC(=O)[C@@H](c2ccccc2)[NH+](C)Cc2ccc(C)o2)cc1. The second kappa shape index (κ2) is 8.02. The highest BCUT2D eigenvalue weighted by Crippen LogP contribution is 2.15. The molecule has 2 aromatic carbocycles. The minimum Gasteiger partial charge on any atom is -0.460 e. The Hall–Kier alpha value is -2.85. The van der Waals surface area contributed by atoms with Gasteiger partial charge in [-0.1, -0.05) is 48.0 Å². The number of rotatable bonds is 6. The van der Waals surface area contributed by atoms with Crippen molar-refractivity contribution in [3.63, 3.8) is 0 Å². The molecule has 1 amide bonds. The Bertz CT molecular complexity index is 853. The number of carbonyl (C=O) groups excluding carboxylic acids is 1. The van der Waals surface area contributed by atoms with Gasteiger partial charge in [-0.15, -0.1) is 0 Å². The molecular formula is C22H25N2O2+. The number of hydrogen-bond donors (Lipinski definition) is 2. The van der Waals surface area contributed by atoms with E-state index in [1.54, 1.807) is 0 Å². The molecule has 2 N–H and O–H groups in total. The van der Waals surface area contributed by atoms with E-state index < -0.39 is 0 Å². The third-order valence-corrected chi connectivity index (χ3v) is 4.46. The lowest BCUT2D eigenvalue weighted by Crippen LogP contribution is -3.09.